The third-order valence-corrected chi connectivity index (χ3v) is 4.12. The van der Waals surface area contributed by atoms with Crippen LogP contribution >= 0.6 is 0 Å². The zero-order valence-electron chi connectivity index (χ0n) is 15.4. The van der Waals surface area contributed by atoms with Crippen molar-refractivity contribution < 1.29 is 14.3 Å². The van der Waals surface area contributed by atoms with Crippen molar-refractivity contribution in [1.29, 1.82) is 0 Å². The Morgan fingerprint density at radius 2 is 1.72 bits per heavy atom. The van der Waals surface area contributed by atoms with Crippen LogP contribution in [0.15, 0.2) is 24.3 Å². The quantitative estimate of drug-likeness (QED) is 0.822. The molecule has 0 unspecified atom stereocenters. The van der Waals surface area contributed by atoms with Crippen LogP contribution in [0.3, 0.4) is 0 Å². The van der Waals surface area contributed by atoms with Gasteiger partial charge >= 0.3 is 0 Å². The van der Waals surface area contributed by atoms with Crippen LogP contribution in [-0.2, 0) is 20.9 Å². The van der Waals surface area contributed by atoms with Crippen LogP contribution < -0.4 is 15.5 Å². The Hall–Kier alpha value is -2.08. The van der Waals surface area contributed by atoms with E-state index in [0.29, 0.717) is 13.1 Å². The van der Waals surface area contributed by atoms with Gasteiger partial charge in [0.1, 0.15) is 0 Å². The fourth-order valence-corrected chi connectivity index (χ4v) is 2.49. The number of hydrogen-bond acceptors (Lipinski definition) is 4. The molecule has 1 aromatic rings. The SMILES string of the molecule is CC(C)(C)C(=O)NCCC(=O)NCc1ccc(N2CCOCC2)cc1. The van der Waals surface area contributed by atoms with Crippen LogP contribution in [0.4, 0.5) is 5.69 Å². The Morgan fingerprint density at radius 3 is 2.32 bits per heavy atom. The monoisotopic (exact) mass is 347 g/mol. The van der Waals surface area contributed by atoms with E-state index in [0.717, 1.165) is 31.9 Å². The zero-order valence-corrected chi connectivity index (χ0v) is 15.4. The Balaban J connectivity index is 1.70. The first-order valence-corrected chi connectivity index (χ1v) is 8.83. The average Bonchev–Trinajstić information content (AvgIpc) is 2.60. The normalized spacial score (nSPS) is 14.9. The predicted octanol–water partition coefficient (Wildman–Crippen LogP) is 1.69. The van der Waals surface area contributed by atoms with Gasteiger partial charge in [-0.25, -0.2) is 0 Å². The molecule has 0 aliphatic carbocycles. The van der Waals surface area contributed by atoms with Crippen molar-refractivity contribution in [2.45, 2.75) is 33.7 Å². The summed E-state index contributed by atoms with van der Waals surface area (Å²) < 4.78 is 5.36. The highest BCUT2D eigenvalue weighted by Crippen LogP contribution is 2.16. The minimum Gasteiger partial charge on any atom is -0.378 e. The van der Waals surface area contributed by atoms with Gasteiger partial charge in [0.25, 0.3) is 0 Å². The van der Waals surface area contributed by atoms with E-state index >= 15 is 0 Å². The molecule has 6 nitrogen and oxygen atoms in total. The van der Waals surface area contributed by atoms with Gasteiger partial charge in [0.2, 0.25) is 11.8 Å². The van der Waals surface area contributed by atoms with Crippen molar-refractivity contribution in [2.75, 3.05) is 37.7 Å². The van der Waals surface area contributed by atoms with Crippen molar-refractivity contribution in [3.63, 3.8) is 0 Å². The molecule has 0 radical (unpaired) electrons. The molecule has 0 bridgehead atoms. The van der Waals surface area contributed by atoms with Crippen LogP contribution in [0.25, 0.3) is 0 Å². The van der Waals surface area contributed by atoms with Gasteiger partial charge in [-0.3, -0.25) is 9.59 Å². The molecule has 0 aromatic heterocycles. The summed E-state index contributed by atoms with van der Waals surface area (Å²) in [5.74, 6) is -0.106. The Morgan fingerprint density at radius 1 is 1.08 bits per heavy atom. The highest BCUT2D eigenvalue weighted by Gasteiger charge is 2.20. The molecule has 0 saturated carbocycles. The number of carbonyl (C=O) groups is 2. The van der Waals surface area contributed by atoms with Gasteiger partial charge < -0.3 is 20.3 Å². The zero-order chi connectivity index (χ0) is 18.3. The first-order chi connectivity index (χ1) is 11.9. The van der Waals surface area contributed by atoms with Gasteiger partial charge in [0.05, 0.1) is 13.2 Å². The van der Waals surface area contributed by atoms with Crippen molar-refractivity contribution in [3.05, 3.63) is 29.8 Å². The Kier molecular flexibility index (Phi) is 6.82. The van der Waals surface area contributed by atoms with E-state index in [4.69, 9.17) is 4.74 Å². The van der Waals surface area contributed by atoms with Crippen LogP contribution in [0.5, 0.6) is 0 Å². The average molecular weight is 347 g/mol. The summed E-state index contributed by atoms with van der Waals surface area (Å²) in [5.41, 5.74) is 1.81. The fraction of sp³-hybridized carbons (Fsp3) is 0.579. The second-order valence-electron chi connectivity index (χ2n) is 7.30. The summed E-state index contributed by atoms with van der Waals surface area (Å²) >= 11 is 0. The topological polar surface area (TPSA) is 70.7 Å². The third kappa shape index (κ3) is 6.38. The molecule has 1 aliphatic rings. The summed E-state index contributed by atoms with van der Waals surface area (Å²) in [6.45, 7) is 9.77. The van der Waals surface area contributed by atoms with E-state index in [1.807, 2.05) is 32.9 Å². The fourth-order valence-electron chi connectivity index (χ4n) is 2.49. The largest absolute Gasteiger partial charge is 0.378 e. The highest BCUT2D eigenvalue weighted by molar-refractivity contribution is 5.82. The minimum absolute atomic E-state index is 0.0426. The number of amides is 2. The molecule has 0 atom stereocenters. The van der Waals surface area contributed by atoms with Crippen LogP contribution in [0, 0.1) is 5.41 Å². The van der Waals surface area contributed by atoms with Crippen molar-refractivity contribution >= 4 is 17.5 Å². The Bertz CT molecular complexity index is 573. The number of carbonyl (C=O) groups excluding carboxylic acids is 2. The molecule has 2 rings (SSSR count). The molecule has 2 amide bonds. The maximum absolute atomic E-state index is 11.9. The molecular formula is C19H29N3O3. The van der Waals surface area contributed by atoms with Crippen LogP contribution in [-0.4, -0.2) is 44.7 Å². The second kappa shape index (κ2) is 8.85. The van der Waals surface area contributed by atoms with E-state index in [2.05, 4.69) is 27.7 Å². The summed E-state index contributed by atoms with van der Waals surface area (Å²) in [7, 11) is 0. The lowest BCUT2D eigenvalue weighted by Crippen LogP contribution is -2.37. The lowest BCUT2D eigenvalue weighted by molar-refractivity contribution is -0.128. The molecular weight excluding hydrogens is 318 g/mol. The number of hydrogen-bond donors (Lipinski definition) is 2. The molecule has 2 N–H and O–H groups in total. The van der Waals surface area contributed by atoms with E-state index < -0.39 is 5.41 Å². The summed E-state index contributed by atoms with van der Waals surface area (Å²) in [5, 5.41) is 5.67. The molecule has 138 valence electrons. The third-order valence-electron chi connectivity index (χ3n) is 4.12. The molecule has 25 heavy (non-hydrogen) atoms. The molecule has 6 heteroatoms. The van der Waals surface area contributed by atoms with Crippen LogP contribution in [0.1, 0.15) is 32.8 Å². The maximum atomic E-state index is 11.9. The summed E-state index contributed by atoms with van der Waals surface area (Å²) in [6, 6.07) is 8.23. The number of benzene rings is 1. The smallest absolute Gasteiger partial charge is 0.225 e. The van der Waals surface area contributed by atoms with Gasteiger partial charge in [-0.15, -0.1) is 0 Å². The number of anilines is 1. The second-order valence-corrected chi connectivity index (χ2v) is 7.30. The summed E-state index contributed by atoms with van der Waals surface area (Å²) in [4.78, 5) is 25.9. The van der Waals surface area contributed by atoms with E-state index in [1.54, 1.807) is 0 Å². The molecule has 1 saturated heterocycles. The summed E-state index contributed by atoms with van der Waals surface area (Å²) in [6.07, 6.45) is 0.285. The lowest BCUT2D eigenvalue weighted by atomic mass is 9.96. The van der Waals surface area contributed by atoms with Gasteiger partial charge in [-0.05, 0) is 17.7 Å². The van der Waals surface area contributed by atoms with E-state index in [-0.39, 0.29) is 18.2 Å². The first kappa shape index (κ1) is 19.2. The highest BCUT2D eigenvalue weighted by atomic mass is 16.5. The van der Waals surface area contributed by atoms with Crippen molar-refractivity contribution in [1.82, 2.24) is 10.6 Å². The maximum Gasteiger partial charge on any atom is 0.225 e. The molecule has 1 aromatic carbocycles. The molecule has 1 heterocycles. The van der Waals surface area contributed by atoms with Gasteiger partial charge in [0, 0.05) is 43.7 Å². The standard InChI is InChI=1S/C19H29N3O3/c1-19(2,3)18(24)20-9-8-17(23)21-14-15-4-6-16(7-5-15)22-10-12-25-13-11-22/h4-7H,8-14H2,1-3H3,(H,20,24)(H,21,23). The van der Waals surface area contributed by atoms with Gasteiger partial charge in [-0.1, -0.05) is 32.9 Å². The lowest BCUT2D eigenvalue weighted by Gasteiger charge is -2.28. The van der Waals surface area contributed by atoms with Crippen LogP contribution in [0.2, 0.25) is 0 Å². The number of morpholine rings is 1. The number of nitrogens with zero attached hydrogens (tertiary/aromatic N) is 1. The van der Waals surface area contributed by atoms with Crippen molar-refractivity contribution in [2.24, 2.45) is 5.41 Å². The predicted molar refractivity (Wildman–Crippen MR) is 98.4 cm³/mol. The number of ether oxygens (including phenoxy) is 1. The van der Waals surface area contributed by atoms with E-state index in [9.17, 15) is 9.59 Å². The molecule has 1 fully saturated rings. The van der Waals surface area contributed by atoms with Crippen molar-refractivity contribution in [3.8, 4) is 0 Å². The molecule has 1 aliphatic heterocycles. The number of rotatable bonds is 6. The minimum atomic E-state index is -0.432. The Labute approximate surface area is 149 Å². The first-order valence-electron chi connectivity index (χ1n) is 8.83. The van der Waals surface area contributed by atoms with E-state index in [1.165, 1.54) is 5.69 Å². The molecule has 0 spiro atoms. The number of nitrogens with one attached hydrogen (secondary N) is 2. The van der Waals surface area contributed by atoms with Gasteiger partial charge in [0.15, 0.2) is 0 Å². The van der Waals surface area contributed by atoms with Gasteiger partial charge in [-0.2, -0.15) is 0 Å².